The van der Waals surface area contributed by atoms with E-state index in [2.05, 4.69) is 20.6 Å². The minimum Gasteiger partial charge on any atom is -0.308 e. The Labute approximate surface area is 163 Å². The van der Waals surface area contributed by atoms with Crippen molar-refractivity contribution in [3.63, 3.8) is 0 Å². The highest BCUT2D eigenvalue weighted by molar-refractivity contribution is 6.00. The van der Waals surface area contributed by atoms with Crippen LogP contribution in [0.2, 0.25) is 0 Å². The molecule has 3 aromatic rings. The van der Waals surface area contributed by atoms with Gasteiger partial charge in [0.1, 0.15) is 0 Å². The highest BCUT2D eigenvalue weighted by Gasteiger charge is 2.24. The van der Waals surface area contributed by atoms with E-state index in [0.29, 0.717) is 17.2 Å². The van der Waals surface area contributed by atoms with Crippen LogP contribution in [0, 0.1) is 5.92 Å². The number of benzene rings is 2. The van der Waals surface area contributed by atoms with Crippen LogP contribution in [0.25, 0.3) is 11.4 Å². The molecular weight excluding hydrogens is 352 g/mol. The van der Waals surface area contributed by atoms with Crippen LogP contribution in [0.15, 0.2) is 60.9 Å². The van der Waals surface area contributed by atoms with Crippen molar-refractivity contribution < 1.29 is 9.59 Å². The number of aryl methyl sites for hydroxylation is 1. The molecule has 1 aliphatic rings. The number of aromatic nitrogens is 2. The average Bonchev–Trinajstić information content (AvgIpc) is 2.72. The third kappa shape index (κ3) is 3.76. The fourth-order valence-corrected chi connectivity index (χ4v) is 3.31. The number of nitrogens with one attached hydrogen (secondary N) is 2. The molecule has 0 aliphatic heterocycles. The van der Waals surface area contributed by atoms with Gasteiger partial charge in [-0.2, -0.15) is 0 Å². The first-order valence-electron chi connectivity index (χ1n) is 9.23. The molecule has 0 radical (unpaired) electrons. The van der Waals surface area contributed by atoms with Crippen molar-refractivity contribution in [2.45, 2.75) is 19.8 Å². The van der Waals surface area contributed by atoms with Crippen molar-refractivity contribution in [3.8, 4) is 11.4 Å². The smallest absolute Gasteiger partial charge is 0.308 e. The third-order valence-electron chi connectivity index (χ3n) is 4.86. The summed E-state index contributed by atoms with van der Waals surface area (Å²) in [6.07, 6.45) is 4.89. The Balaban J connectivity index is 1.46. The Morgan fingerprint density at radius 2 is 1.71 bits per heavy atom. The van der Waals surface area contributed by atoms with E-state index in [-0.39, 0.29) is 17.7 Å². The van der Waals surface area contributed by atoms with Gasteiger partial charge in [0.05, 0.1) is 18.1 Å². The maximum absolute atomic E-state index is 12.3. The van der Waals surface area contributed by atoms with Crippen LogP contribution in [0.4, 0.5) is 16.2 Å². The van der Waals surface area contributed by atoms with Crippen molar-refractivity contribution in [1.82, 2.24) is 9.97 Å². The molecule has 1 atom stereocenters. The van der Waals surface area contributed by atoms with Crippen LogP contribution >= 0.6 is 0 Å². The lowest BCUT2D eigenvalue weighted by Crippen LogP contribution is -2.20. The fraction of sp³-hybridized carbons (Fsp3) is 0.182. The monoisotopic (exact) mass is 372 g/mol. The molecule has 140 valence electrons. The molecule has 6 nitrogen and oxygen atoms in total. The summed E-state index contributed by atoms with van der Waals surface area (Å²) < 4.78 is 0. The summed E-state index contributed by atoms with van der Waals surface area (Å²) in [4.78, 5) is 33.0. The van der Waals surface area contributed by atoms with Gasteiger partial charge >= 0.3 is 6.03 Å². The number of urea groups is 1. The zero-order chi connectivity index (χ0) is 19.5. The van der Waals surface area contributed by atoms with Gasteiger partial charge < -0.3 is 10.6 Å². The van der Waals surface area contributed by atoms with Crippen LogP contribution < -0.4 is 10.6 Å². The number of carbonyl (C=O) groups is 2. The van der Waals surface area contributed by atoms with E-state index in [0.717, 1.165) is 29.5 Å². The zero-order valence-electron chi connectivity index (χ0n) is 15.5. The molecule has 0 saturated heterocycles. The lowest BCUT2D eigenvalue weighted by atomic mass is 9.83. The molecule has 1 heterocycles. The standard InChI is InChI=1S/C22H20N4O2/c1-14-7-8-15-11-16(9-10-19(15)20(14)27)21-23-12-18(13-24-21)26-22(28)25-17-5-3-2-4-6-17/h2-6,9-14H,7-8H2,1H3,(H2,25,26,28). The van der Waals surface area contributed by atoms with Gasteiger partial charge in [-0.3, -0.25) is 4.79 Å². The molecule has 2 aromatic carbocycles. The number of carbonyl (C=O) groups excluding carboxylic acids is 2. The van der Waals surface area contributed by atoms with Crippen LogP contribution in [0.1, 0.15) is 29.3 Å². The fourth-order valence-electron chi connectivity index (χ4n) is 3.31. The maximum atomic E-state index is 12.3. The number of para-hydroxylation sites is 1. The minimum absolute atomic E-state index is 0.0852. The van der Waals surface area contributed by atoms with Gasteiger partial charge in [-0.15, -0.1) is 0 Å². The number of fused-ring (bicyclic) bond motifs is 1. The first-order valence-corrected chi connectivity index (χ1v) is 9.23. The molecule has 2 N–H and O–H groups in total. The lowest BCUT2D eigenvalue weighted by molar-refractivity contribution is 0.0913. The molecule has 4 rings (SSSR count). The number of rotatable bonds is 3. The topological polar surface area (TPSA) is 84.0 Å². The Morgan fingerprint density at radius 3 is 2.46 bits per heavy atom. The highest BCUT2D eigenvalue weighted by Crippen LogP contribution is 2.28. The second kappa shape index (κ2) is 7.60. The van der Waals surface area contributed by atoms with Gasteiger partial charge in [0.2, 0.25) is 0 Å². The lowest BCUT2D eigenvalue weighted by Gasteiger charge is -2.20. The molecule has 0 bridgehead atoms. The van der Waals surface area contributed by atoms with Crippen molar-refractivity contribution in [2.24, 2.45) is 5.92 Å². The first kappa shape index (κ1) is 17.9. The van der Waals surface area contributed by atoms with Gasteiger partial charge in [0.15, 0.2) is 11.6 Å². The van der Waals surface area contributed by atoms with E-state index in [1.165, 1.54) is 0 Å². The Bertz CT molecular complexity index is 1020. The molecule has 0 saturated carbocycles. The molecule has 0 fully saturated rings. The Hall–Kier alpha value is -3.54. The first-order chi connectivity index (χ1) is 13.6. The molecule has 1 unspecified atom stereocenters. The van der Waals surface area contributed by atoms with Crippen LogP contribution in [0.3, 0.4) is 0 Å². The van der Waals surface area contributed by atoms with Crippen molar-refractivity contribution in [1.29, 1.82) is 0 Å². The quantitative estimate of drug-likeness (QED) is 0.706. The number of ketones is 1. The van der Waals surface area contributed by atoms with Crippen molar-refractivity contribution in [2.75, 3.05) is 10.6 Å². The van der Waals surface area contributed by atoms with Gasteiger partial charge in [-0.05, 0) is 36.6 Å². The summed E-state index contributed by atoms with van der Waals surface area (Å²) in [5, 5.41) is 5.45. The molecule has 1 aromatic heterocycles. The predicted octanol–water partition coefficient (Wildman–Crippen LogP) is 4.55. The maximum Gasteiger partial charge on any atom is 0.323 e. The minimum atomic E-state index is -0.357. The summed E-state index contributed by atoms with van der Waals surface area (Å²) >= 11 is 0. The molecular formula is C22H20N4O2. The molecule has 1 aliphatic carbocycles. The number of anilines is 2. The summed E-state index contributed by atoms with van der Waals surface area (Å²) in [6.45, 7) is 1.97. The van der Waals surface area contributed by atoms with Crippen LogP contribution in [-0.4, -0.2) is 21.8 Å². The molecule has 2 amide bonds. The summed E-state index contributed by atoms with van der Waals surface area (Å²) in [6, 6.07) is 14.6. The Kier molecular flexibility index (Phi) is 4.85. The third-order valence-corrected chi connectivity index (χ3v) is 4.86. The van der Waals surface area contributed by atoms with Gasteiger partial charge in [0, 0.05) is 22.7 Å². The number of Topliss-reactive ketones (excluding diaryl/α,β-unsaturated/α-hetero) is 1. The average molecular weight is 372 g/mol. The van der Waals surface area contributed by atoms with E-state index >= 15 is 0 Å². The van der Waals surface area contributed by atoms with Crippen molar-refractivity contribution in [3.05, 3.63) is 72.1 Å². The Morgan fingerprint density at radius 1 is 1.00 bits per heavy atom. The summed E-state index contributed by atoms with van der Waals surface area (Å²) in [5.41, 5.74) is 3.92. The normalized spacial score (nSPS) is 15.6. The highest BCUT2D eigenvalue weighted by atomic mass is 16.2. The van der Waals surface area contributed by atoms with Gasteiger partial charge in [-0.25, -0.2) is 14.8 Å². The molecule has 28 heavy (non-hydrogen) atoms. The van der Waals surface area contributed by atoms with Gasteiger partial charge in [0.25, 0.3) is 0 Å². The van der Waals surface area contributed by atoms with E-state index < -0.39 is 0 Å². The number of hydrogen-bond donors (Lipinski definition) is 2. The SMILES string of the molecule is CC1CCc2cc(-c3ncc(NC(=O)Nc4ccccc4)cn3)ccc2C1=O. The molecule has 0 spiro atoms. The van der Waals surface area contributed by atoms with E-state index in [9.17, 15) is 9.59 Å². The second-order valence-electron chi connectivity index (χ2n) is 6.92. The van der Waals surface area contributed by atoms with E-state index in [1.807, 2.05) is 43.3 Å². The van der Waals surface area contributed by atoms with E-state index in [4.69, 9.17) is 0 Å². The van der Waals surface area contributed by atoms with Crippen LogP contribution in [-0.2, 0) is 6.42 Å². The summed E-state index contributed by atoms with van der Waals surface area (Å²) in [5.74, 6) is 0.850. The predicted molar refractivity (Wildman–Crippen MR) is 108 cm³/mol. The largest absolute Gasteiger partial charge is 0.323 e. The number of nitrogens with zero attached hydrogens (tertiary/aromatic N) is 2. The zero-order valence-corrected chi connectivity index (χ0v) is 15.5. The van der Waals surface area contributed by atoms with Crippen LogP contribution in [0.5, 0.6) is 0 Å². The molecule has 6 heteroatoms. The number of amides is 2. The second-order valence-corrected chi connectivity index (χ2v) is 6.92. The summed E-state index contributed by atoms with van der Waals surface area (Å²) in [7, 11) is 0. The van der Waals surface area contributed by atoms with Gasteiger partial charge in [-0.1, -0.05) is 37.3 Å². The number of hydrogen-bond acceptors (Lipinski definition) is 4. The van der Waals surface area contributed by atoms with Crippen molar-refractivity contribution >= 4 is 23.2 Å². The van der Waals surface area contributed by atoms with E-state index in [1.54, 1.807) is 24.5 Å².